The molecule has 4 nitrogen and oxygen atoms in total. The minimum atomic E-state index is -0.286. The summed E-state index contributed by atoms with van der Waals surface area (Å²) < 4.78 is 0. The molecule has 0 unspecified atom stereocenters. The van der Waals surface area contributed by atoms with Crippen molar-refractivity contribution in [2.45, 2.75) is 81.1 Å². The van der Waals surface area contributed by atoms with E-state index in [-0.39, 0.29) is 5.41 Å². The second-order valence-electron chi connectivity index (χ2n) is 10.0. The van der Waals surface area contributed by atoms with Crippen LogP contribution in [-0.2, 0) is 4.84 Å². The van der Waals surface area contributed by atoms with E-state index in [1.165, 1.54) is 11.1 Å². The fourth-order valence-corrected chi connectivity index (χ4v) is 3.19. The minimum Gasteiger partial charge on any atom is -0.340 e. The lowest BCUT2D eigenvalue weighted by Gasteiger charge is -2.19. The Balaban J connectivity index is 2.42. The van der Waals surface area contributed by atoms with Gasteiger partial charge in [0.25, 0.3) is 0 Å². The fourth-order valence-electron chi connectivity index (χ4n) is 3.19. The summed E-state index contributed by atoms with van der Waals surface area (Å²) in [4.78, 5) is 15.7. The number of hydrogen-bond acceptors (Lipinski definition) is 4. The van der Waals surface area contributed by atoms with Gasteiger partial charge in [0.2, 0.25) is 5.90 Å². The van der Waals surface area contributed by atoms with Crippen molar-refractivity contribution in [1.82, 2.24) is 0 Å². The quantitative estimate of drug-likeness (QED) is 0.256. The van der Waals surface area contributed by atoms with Gasteiger partial charge in [0.05, 0.1) is 22.8 Å². The van der Waals surface area contributed by atoms with Crippen LogP contribution < -0.4 is 0 Å². The molecule has 0 aliphatic heterocycles. The van der Waals surface area contributed by atoms with Gasteiger partial charge >= 0.3 is 0 Å². The molecular formula is C28H39N3O. The minimum absolute atomic E-state index is 0.286. The molecule has 32 heavy (non-hydrogen) atoms. The van der Waals surface area contributed by atoms with Crippen molar-refractivity contribution in [2.75, 3.05) is 0 Å². The Bertz CT molecular complexity index is 995. The first-order chi connectivity index (χ1) is 14.9. The largest absolute Gasteiger partial charge is 0.340 e. The summed E-state index contributed by atoms with van der Waals surface area (Å²) in [5, 5.41) is 4.42. The lowest BCUT2D eigenvalue weighted by Crippen LogP contribution is -2.22. The molecule has 0 aliphatic carbocycles. The molecule has 172 valence electrons. The van der Waals surface area contributed by atoms with Gasteiger partial charge in [0, 0.05) is 5.41 Å². The van der Waals surface area contributed by atoms with E-state index >= 15 is 0 Å². The molecule has 0 heterocycles. The van der Waals surface area contributed by atoms with Crippen molar-refractivity contribution in [3.05, 3.63) is 59.2 Å². The molecule has 0 bridgehead atoms. The summed E-state index contributed by atoms with van der Waals surface area (Å²) in [5.41, 5.74) is 6.83. The van der Waals surface area contributed by atoms with E-state index in [1.54, 1.807) is 0 Å². The van der Waals surface area contributed by atoms with E-state index < -0.39 is 0 Å². The van der Waals surface area contributed by atoms with Crippen molar-refractivity contribution in [1.29, 1.82) is 0 Å². The van der Waals surface area contributed by atoms with Crippen LogP contribution in [0.25, 0.3) is 0 Å². The highest BCUT2D eigenvalue weighted by atomic mass is 16.6. The SMILES string of the molecule is CC(=Nc1c(C(C)C)cccc1C(C)C)/C(C)=N/OC(=Nc1ccccc1C)C(C)(C)C. The van der Waals surface area contributed by atoms with Gasteiger partial charge in [-0.25, -0.2) is 4.99 Å². The Morgan fingerprint density at radius 2 is 1.34 bits per heavy atom. The van der Waals surface area contributed by atoms with Gasteiger partial charge in [-0.15, -0.1) is 0 Å². The second-order valence-corrected chi connectivity index (χ2v) is 10.0. The number of nitrogens with zero attached hydrogens (tertiary/aromatic N) is 3. The van der Waals surface area contributed by atoms with E-state index in [1.807, 2.05) is 45.0 Å². The maximum atomic E-state index is 5.90. The average molecular weight is 434 g/mol. The van der Waals surface area contributed by atoms with Gasteiger partial charge in [-0.05, 0) is 55.4 Å². The third kappa shape index (κ3) is 6.62. The molecule has 2 aromatic carbocycles. The van der Waals surface area contributed by atoms with Crippen LogP contribution in [0.2, 0.25) is 0 Å². The summed E-state index contributed by atoms with van der Waals surface area (Å²) in [7, 11) is 0. The fraction of sp³-hybridized carbons (Fsp3) is 0.464. The Morgan fingerprint density at radius 3 is 1.84 bits per heavy atom. The first kappa shape index (κ1) is 25.5. The molecule has 2 aromatic rings. The van der Waals surface area contributed by atoms with Gasteiger partial charge in [-0.3, -0.25) is 4.99 Å². The molecule has 0 fully saturated rings. The highest BCUT2D eigenvalue weighted by Crippen LogP contribution is 2.35. The Morgan fingerprint density at radius 1 is 0.781 bits per heavy atom. The summed E-state index contributed by atoms with van der Waals surface area (Å²) in [6.07, 6.45) is 0. The maximum Gasteiger partial charge on any atom is 0.230 e. The molecule has 0 radical (unpaired) electrons. The molecule has 0 amide bonds. The van der Waals surface area contributed by atoms with E-state index in [9.17, 15) is 0 Å². The van der Waals surface area contributed by atoms with E-state index in [4.69, 9.17) is 14.8 Å². The van der Waals surface area contributed by atoms with Gasteiger partial charge in [0.15, 0.2) is 0 Å². The zero-order chi connectivity index (χ0) is 24.1. The molecule has 2 rings (SSSR count). The molecule has 0 N–H and O–H groups in total. The first-order valence-corrected chi connectivity index (χ1v) is 11.5. The monoisotopic (exact) mass is 433 g/mol. The van der Waals surface area contributed by atoms with E-state index in [0.717, 1.165) is 28.4 Å². The van der Waals surface area contributed by atoms with Crippen LogP contribution in [0.3, 0.4) is 0 Å². The third-order valence-electron chi connectivity index (χ3n) is 5.39. The standard InChI is InChI=1S/C28H39N3O/c1-18(2)23-15-13-16-24(19(3)4)26(23)29-21(6)22(7)31-32-27(28(8,9)10)30-25-17-12-11-14-20(25)5/h11-19H,1-10H3/b29-21?,30-27?,31-22+. The van der Waals surface area contributed by atoms with Crippen molar-refractivity contribution in [3.8, 4) is 0 Å². The van der Waals surface area contributed by atoms with E-state index in [2.05, 4.69) is 71.8 Å². The van der Waals surface area contributed by atoms with Crippen molar-refractivity contribution in [3.63, 3.8) is 0 Å². The molecule has 0 aliphatic rings. The Hall–Kier alpha value is -2.75. The number of benzene rings is 2. The Labute approximate surface area is 194 Å². The Kier molecular flexibility index (Phi) is 8.54. The smallest absolute Gasteiger partial charge is 0.230 e. The molecule has 0 atom stereocenters. The van der Waals surface area contributed by atoms with Crippen LogP contribution in [0.1, 0.15) is 90.8 Å². The third-order valence-corrected chi connectivity index (χ3v) is 5.39. The van der Waals surface area contributed by atoms with Crippen LogP contribution in [0, 0.1) is 12.3 Å². The number of hydrogen-bond donors (Lipinski definition) is 0. The predicted molar refractivity (Wildman–Crippen MR) is 139 cm³/mol. The molecule has 4 heteroatoms. The number of para-hydroxylation sites is 2. The van der Waals surface area contributed by atoms with Crippen molar-refractivity contribution in [2.24, 2.45) is 20.6 Å². The van der Waals surface area contributed by atoms with Crippen LogP contribution in [0.15, 0.2) is 57.6 Å². The number of aliphatic imine (C=N–C) groups is 2. The van der Waals surface area contributed by atoms with Gasteiger partial charge in [-0.1, -0.05) is 90.0 Å². The highest BCUT2D eigenvalue weighted by Gasteiger charge is 2.22. The topological polar surface area (TPSA) is 46.3 Å². The van der Waals surface area contributed by atoms with Gasteiger partial charge in [-0.2, -0.15) is 0 Å². The maximum absolute atomic E-state index is 5.90. The number of aryl methyl sites for hydroxylation is 1. The van der Waals surface area contributed by atoms with Crippen LogP contribution >= 0.6 is 0 Å². The van der Waals surface area contributed by atoms with Crippen molar-refractivity contribution < 1.29 is 4.84 Å². The summed E-state index contributed by atoms with van der Waals surface area (Å²) in [6.45, 7) is 21.0. The van der Waals surface area contributed by atoms with Crippen LogP contribution in [0.5, 0.6) is 0 Å². The number of oxime groups is 1. The predicted octanol–water partition coefficient (Wildman–Crippen LogP) is 8.50. The zero-order valence-electron chi connectivity index (χ0n) is 21.4. The average Bonchev–Trinajstić information content (AvgIpc) is 2.70. The molecule has 0 spiro atoms. The molecular weight excluding hydrogens is 394 g/mol. The lowest BCUT2D eigenvalue weighted by atomic mass is 9.93. The summed E-state index contributed by atoms with van der Waals surface area (Å²) >= 11 is 0. The number of rotatable bonds is 6. The lowest BCUT2D eigenvalue weighted by molar-refractivity contribution is 0.280. The molecule has 0 saturated heterocycles. The summed E-state index contributed by atoms with van der Waals surface area (Å²) in [6, 6.07) is 14.5. The normalized spacial score (nSPS) is 13.8. The van der Waals surface area contributed by atoms with Gasteiger partial charge < -0.3 is 4.84 Å². The summed E-state index contributed by atoms with van der Waals surface area (Å²) in [5.74, 6) is 1.36. The first-order valence-electron chi connectivity index (χ1n) is 11.5. The van der Waals surface area contributed by atoms with E-state index in [0.29, 0.717) is 17.7 Å². The van der Waals surface area contributed by atoms with Crippen LogP contribution in [-0.4, -0.2) is 17.3 Å². The second kappa shape index (κ2) is 10.7. The molecule has 0 aromatic heterocycles. The van der Waals surface area contributed by atoms with Crippen molar-refractivity contribution >= 4 is 28.7 Å². The highest BCUT2D eigenvalue weighted by molar-refractivity contribution is 6.41. The zero-order valence-corrected chi connectivity index (χ0v) is 21.4. The van der Waals surface area contributed by atoms with Gasteiger partial charge in [0.1, 0.15) is 0 Å². The van der Waals surface area contributed by atoms with Crippen LogP contribution in [0.4, 0.5) is 11.4 Å². The molecule has 0 saturated carbocycles.